The molecule has 13 nitrogen and oxygen atoms in total. The Bertz CT molecular complexity index is 2010. The van der Waals surface area contributed by atoms with Gasteiger partial charge in [0, 0.05) is 29.8 Å². The lowest BCUT2D eigenvalue weighted by Gasteiger charge is -2.20. The van der Waals surface area contributed by atoms with Crippen molar-refractivity contribution in [3.05, 3.63) is 98.2 Å². The molecule has 0 fully saturated rings. The van der Waals surface area contributed by atoms with Gasteiger partial charge in [0.05, 0.1) is 34.8 Å². The molecular formula is C30H32ClN5O8S3. The van der Waals surface area contributed by atoms with Gasteiger partial charge >= 0.3 is 11.9 Å². The van der Waals surface area contributed by atoms with Crippen molar-refractivity contribution in [2.24, 2.45) is 5.14 Å². The fourth-order valence-electron chi connectivity index (χ4n) is 4.58. The van der Waals surface area contributed by atoms with E-state index in [4.69, 9.17) is 21.8 Å². The van der Waals surface area contributed by atoms with Crippen LogP contribution in [0.15, 0.2) is 75.5 Å². The molecule has 0 bridgehead atoms. The van der Waals surface area contributed by atoms with Crippen LogP contribution in [-0.4, -0.2) is 55.2 Å². The van der Waals surface area contributed by atoms with E-state index < -0.39 is 36.9 Å². The van der Waals surface area contributed by atoms with Crippen LogP contribution in [0.25, 0.3) is 6.08 Å². The van der Waals surface area contributed by atoms with Crippen LogP contribution in [0.5, 0.6) is 0 Å². The van der Waals surface area contributed by atoms with Crippen molar-refractivity contribution >= 4 is 66.7 Å². The fraction of sp³-hybridized carbons (Fsp3) is 0.233. The maximum atomic E-state index is 11.8. The number of carboxylic acids is 2. The summed E-state index contributed by atoms with van der Waals surface area (Å²) in [4.78, 5) is 27.8. The number of nitrogens with zero attached hydrogens (tertiary/aromatic N) is 2. The van der Waals surface area contributed by atoms with Crippen molar-refractivity contribution in [2.75, 3.05) is 12.0 Å². The summed E-state index contributed by atoms with van der Waals surface area (Å²) in [6, 6.07) is 12.7. The normalized spacial score (nSPS) is 14.0. The lowest BCUT2D eigenvalue weighted by atomic mass is 10.1. The van der Waals surface area contributed by atoms with Gasteiger partial charge in [-0.2, -0.15) is 4.72 Å². The van der Waals surface area contributed by atoms with Crippen LogP contribution >= 0.6 is 22.9 Å². The van der Waals surface area contributed by atoms with Crippen molar-refractivity contribution in [3.8, 4) is 0 Å². The van der Waals surface area contributed by atoms with E-state index in [2.05, 4.69) is 21.9 Å². The Morgan fingerprint density at radius 3 is 2.49 bits per heavy atom. The number of primary sulfonamides is 1. The summed E-state index contributed by atoms with van der Waals surface area (Å²) < 4.78 is 49.9. The lowest BCUT2D eigenvalue weighted by Crippen LogP contribution is -2.34. The number of carboxylic acid groups (broad SMARTS) is 2. The number of carbonyl (C=O) groups is 2. The highest BCUT2D eigenvalue weighted by Gasteiger charge is 2.27. The second-order valence-corrected chi connectivity index (χ2v) is 15.1. The van der Waals surface area contributed by atoms with Gasteiger partial charge in [0.1, 0.15) is 15.6 Å². The Morgan fingerprint density at radius 1 is 1.17 bits per heavy atom. The van der Waals surface area contributed by atoms with Gasteiger partial charge in [0.2, 0.25) is 20.0 Å². The van der Waals surface area contributed by atoms with Crippen LogP contribution < -0.4 is 15.2 Å². The molecule has 1 aliphatic rings. The number of rotatable bonds is 11. The van der Waals surface area contributed by atoms with Gasteiger partial charge < -0.3 is 20.1 Å². The van der Waals surface area contributed by atoms with Gasteiger partial charge in [0.15, 0.2) is 0 Å². The SMILES string of the molecule is CCCCc1ncc(C=C(Cc2cccs2)C(=O)O)n1Cc1ccc(C(=O)O)cc1.NS(=O)(=O)c1cc2c(cc1Cl)NCNS2(=O)=O. The first-order chi connectivity index (χ1) is 22.2. The van der Waals surface area contributed by atoms with Gasteiger partial charge in [-0.3, -0.25) is 0 Å². The van der Waals surface area contributed by atoms with Crippen molar-refractivity contribution in [2.45, 2.75) is 48.9 Å². The Balaban J connectivity index is 0.000000248. The molecule has 0 aliphatic carbocycles. The summed E-state index contributed by atoms with van der Waals surface area (Å²) in [5, 5.41) is 28.3. The topological polar surface area (TPSA) is 211 Å². The Kier molecular flexibility index (Phi) is 11.6. The average Bonchev–Trinajstić information content (AvgIpc) is 3.65. The number of halogens is 1. The zero-order valence-electron chi connectivity index (χ0n) is 25.0. The van der Waals surface area contributed by atoms with Crippen LogP contribution in [0.2, 0.25) is 5.02 Å². The van der Waals surface area contributed by atoms with Gasteiger partial charge in [-0.25, -0.2) is 36.5 Å². The molecule has 0 saturated carbocycles. The smallest absolute Gasteiger partial charge is 0.335 e. The summed E-state index contributed by atoms with van der Waals surface area (Å²) >= 11 is 7.26. The Labute approximate surface area is 280 Å². The van der Waals surface area contributed by atoms with Gasteiger partial charge in [-0.1, -0.05) is 43.1 Å². The second kappa shape index (κ2) is 15.2. The number of aliphatic carboxylic acids is 1. The average molecular weight is 722 g/mol. The van der Waals surface area contributed by atoms with E-state index in [9.17, 15) is 31.5 Å². The predicted octanol–water partition coefficient (Wildman–Crippen LogP) is 4.39. The van der Waals surface area contributed by atoms with E-state index >= 15 is 0 Å². The minimum Gasteiger partial charge on any atom is -0.478 e. The summed E-state index contributed by atoms with van der Waals surface area (Å²) in [5.74, 6) is -1.01. The first kappa shape index (κ1) is 35.8. The highest BCUT2D eigenvalue weighted by atomic mass is 35.5. The number of nitrogens with two attached hydrogens (primary N) is 1. The highest BCUT2D eigenvalue weighted by Crippen LogP contribution is 2.32. The van der Waals surface area contributed by atoms with Crippen LogP contribution in [0, 0.1) is 0 Å². The fourth-order valence-corrected chi connectivity index (χ4v) is 7.59. The number of aryl methyl sites for hydroxylation is 1. The Morgan fingerprint density at radius 2 is 1.89 bits per heavy atom. The molecule has 5 rings (SSSR count). The number of imidazole rings is 1. The molecule has 250 valence electrons. The molecule has 4 aromatic rings. The molecular weight excluding hydrogens is 690 g/mol. The van der Waals surface area contributed by atoms with E-state index in [1.165, 1.54) is 17.4 Å². The molecule has 17 heteroatoms. The number of hydrogen-bond acceptors (Lipinski definition) is 9. The van der Waals surface area contributed by atoms with Crippen LogP contribution in [-0.2, 0) is 44.2 Å². The van der Waals surface area contributed by atoms with E-state index in [1.807, 2.05) is 22.1 Å². The molecule has 0 amide bonds. The van der Waals surface area contributed by atoms with Crippen molar-refractivity contribution in [1.82, 2.24) is 14.3 Å². The molecule has 0 saturated heterocycles. The van der Waals surface area contributed by atoms with Gasteiger partial charge in [-0.05, 0) is 53.8 Å². The van der Waals surface area contributed by atoms with E-state index in [-0.39, 0.29) is 27.8 Å². The zero-order valence-corrected chi connectivity index (χ0v) is 28.2. The molecule has 47 heavy (non-hydrogen) atoms. The maximum Gasteiger partial charge on any atom is 0.335 e. The number of sulfonamides is 2. The predicted molar refractivity (Wildman–Crippen MR) is 179 cm³/mol. The highest BCUT2D eigenvalue weighted by molar-refractivity contribution is 7.90. The second-order valence-electron chi connectivity index (χ2n) is 10.3. The number of benzene rings is 2. The number of anilines is 1. The molecule has 2 aromatic carbocycles. The van der Waals surface area contributed by atoms with Crippen molar-refractivity contribution in [3.63, 3.8) is 0 Å². The standard InChI is InChI=1S/C23H24N2O4S.C7H8ClN3O4S2/c1-2-3-6-21-24-14-19(12-18(23(28)29)13-20-5-4-11-30-20)25(21)15-16-7-9-17(10-8-16)22(26)27;8-4-1-5-7(2-6(4)16(9,12)13)17(14,15)11-3-10-5/h4-5,7-12,14H,2-3,6,13,15H2,1H3,(H,26,27)(H,28,29);1-2,10-11H,3H2,(H2,9,12,13). The molecule has 0 atom stereocenters. The number of fused-ring (bicyclic) bond motifs is 1. The summed E-state index contributed by atoms with van der Waals surface area (Å²) in [5.41, 5.74) is 2.45. The zero-order chi connectivity index (χ0) is 34.4. The minimum absolute atomic E-state index is 0.0143. The monoisotopic (exact) mass is 721 g/mol. The summed E-state index contributed by atoms with van der Waals surface area (Å²) in [7, 11) is -7.80. The number of thiophene rings is 1. The van der Waals surface area contributed by atoms with Crippen molar-refractivity contribution < 1.29 is 36.6 Å². The molecule has 0 unspecified atom stereocenters. The third-order valence-corrected chi connectivity index (χ3v) is 10.7. The molecule has 3 heterocycles. The number of nitrogens with one attached hydrogen (secondary N) is 2. The van der Waals surface area contributed by atoms with Gasteiger partial charge in [0.25, 0.3) is 0 Å². The molecule has 1 aliphatic heterocycles. The van der Waals surface area contributed by atoms with Gasteiger partial charge in [-0.15, -0.1) is 11.3 Å². The summed E-state index contributed by atoms with van der Waals surface area (Å²) in [6.45, 7) is 2.62. The third kappa shape index (κ3) is 9.27. The first-order valence-electron chi connectivity index (χ1n) is 14.1. The molecule has 0 radical (unpaired) electrons. The number of hydrogen-bond donors (Lipinski definition) is 5. The molecule has 6 N–H and O–H groups in total. The van der Waals surface area contributed by atoms with Crippen LogP contribution in [0.3, 0.4) is 0 Å². The molecule has 2 aromatic heterocycles. The largest absolute Gasteiger partial charge is 0.478 e. The van der Waals surface area contributed by atoms with E-state index in [1.54, 1.807) is 36.5 Å². The quantitative estimate of drug-likeness (QED) is 0.138. The molecule has 0 spiro atoms. The van der Waals surface area contributed by atoms with E-state index in [0.29, 0.717) is 18.5 Å². The number of aromatic carboxylic acids is 1. The third-order valence-electron chi connectivity index (χ3n) is 6.98. The first-order valence-corrected chi connectivity index (χ1v) is 18.4. The minimum atomic E-state index is -4.07. The van der Waals surface area contributed by atoms with Crippen LogP contribution in [0.1, 0.15) is 52.1 Å². The van der Waals surface area contributed by atoms with E-state index in [0.717, 1.165) is 47.3 Å². The van der Waals surface area contributed by atoms with Crippen LogP contribution in [0.4, 0.5) is 5.69 Å². The lowest BCUT2D eigenvalue weighted by molar-refractivity contribution is -0.132. The Hall–Kier alpha value is -4.06. The number of unbranched alkanes of at least 4 members (excludes halogenated alkanes) is 1. The summed E-state index contributed by atoms with van der Waals surface area (Å²) in [6.07, 6.45) is 6.58. The number of aromatic nitrogens is 2. The van der Waals surface area contributed by atoms with Crippen molar-refractivity contribution in [1.29, 1.82) is 0 Å². The maximum absolute atomic E-state index is 11.8.